The minimum absolute atomic E-state index is 0.0225. The van der Waals surface area contributed by atoms with Crippen LogP contribution in [-0.2, 0) is 14.3 Å². The van der Waals surface area contributed by atoms with E-state index in [0.29, 0.717) is 25.3 Å². The largest absolute Gasteiger partial charge is 0.490 e. The van der Waals surface area contributed by atoms with E-state index in [0.717, 1.165) is 37.9 Å². The van der Waals surface area contributed by atoms with Gasteiger partial charge in [-0.15, -0.1) is 0 Å². The number of piperidine rings is 1. The van der Waals surface area contributed by atoms with Gasteiger partial charge in [-0.3, -0.25) is 9.59 Å². The summed E-state index contributed by atoms with van der Waals surface area (Å²) in [4.78, 5) is 43.0. The minimum Gasteiger partial charge on any atom is -0.475 e. The minimum atomic E-state index is -5.08. The first-order valence-corrected chi connectivity index (χ1v) is 10.8. The number of pyridine rings is 1. The molecule has 2 atom stereocenters. The number of aliphatic carboxylic acids is 1. The van der Waals surface area contributed by atoms with Crippen molar-refractivity contribution in [3.05, 3.63) is 29.6 Å². The zero-order valence-corrected chi connectivity index (χ0v) is 19.0. The lowest BCUT2D eigenvalue weighted by molar-refractivity contribution is -0.192. The Morgan fingerprint density at radius 3 is 2.52 bits per heavy atom. The van der Waals surface area contributed by atoms with Crippen LogP contribution in [-0.4, -0.2) is 82.2 Å². The fraction of sp³-hybridized carbons (Fsp3) is 0.636. The molecule has 3 heterocycles. The summed E-state index contributed by atoms with van der Waals surface area (Å²) in [5.41, 5.74) is 1.07. The van der Waals surface area contributed by atoms with Gasteiger partial charge < -0.3 is 19.6 Å². The molecule has 184 valence electrons. The number of amides is 2. The number of ether oxygens (including phenoxy) is 1. The second-order valence-corrected chi connectivity index (χ2v) is 8.14. The Bertz CT molecular complexity index is 864. The summed E-state index contributed by atoms with van der Waals surface area (Å²) < 4.78 is 37.0. The molecule has 11 heteroatoms. The molecule has 0 aliphatic carbocycles. The van der Waals surface area contributed by atoms with E-state index in [4.69, 9.17) is 14.6 Å². The highest BCUT2D eigenvalue weighted by atomic mass is 19.4. The van der Waals surface area contributed by atoms with Crippen molar-refractivity contribution in [2.45, 2.75) is 63.7 Å². The van der Waals surface area contributed by atoms with Crippen LogP contribution in [0, 0.1) is 6.92 Å². The number of hydrogen-bond acceptors (Lipinski definition) is 5. The molecule has 0 saturated carbocycles. The first-order chi connectivity index (χ1) is 15.5. The third-order valence-electron chi connectivity index (χ3n) is 6.13. The number of halogens is 3. The maximum atomic E-state index is 13.2. The van der Waals surface area contributed by atoms with Crippen LogP contribution in [0.3, 0.4) is 0 Å². The van der Waals surface area contributed by atoms with Gasteiger partial charge in [-0.2, -0.15) is 13.2 Å². The zero-order chi connectivity index (χ0) is 24.8. The van der Waals surface area contributed by atoms with Gasteiger partial charge in [0.15, 0.2) is 0 Å². The number of rotatable bonds is 5. The van der Waals surface area contributed by atoms with Gasteiger partial charge in [-0.25, -0.2) is 9.78 Å². The van der Waals surface area contributed by atoms with Crippen molar-refractivity contribution in [1.29, 1.82) is 0 Å². The van der Waals surface area contributed by atoms with Crippen LogP contribution < -0.4 is 0 Å². The number of likely N-dealkylation sites (tertiary alicyclic amines) is 2. The Morgan fingerprint density at radius 1 is 1.30 bits per heavy atom. The van der Waals surface area contributed by atoms with Gasteiger partial charge >= 0.3 is 12.1 Å². The number of aryl methyl sites for hydroxylation is 1. The number of methoxy groups -OCH3 is 1. The fourth-order valence-electron chi connectivity index (χ4n) is 4.80. The van der Waals surface area contributed by atoms with E-state index >= 15 is 0 Å². The van der Waals surface area contributed by atoms with Crippen molar-refractivity contribution in [2.75, 3.05) is 26.8 Å². The molecule has 8 nitrogen and oxygen atoms in total. The predicted octanol–water partition coefficient (Wildman–Crippen LogP) is 3.05. The molecule has 0 aromatic carbocycles. The van der Waals surface area contributed by atoms with Gasteiger partial charge in [0.1, 0.15) is 5.69 Å². The molecule has 1 aromatic heterocycles. The number of carboxylic acid groups (broad SMARTS) is 1. The van der Waals surface area contributed by atoms with Crippen LogP contribution >= 0.6 is 0 Å². The Morgan fingerprint density at radius 2 is 1.97 bits per heavy atom. The molecule has 1 spiro atoms. The van der Waals surface area contributed by atoms with Crippen molar-refractivity contribution in [3.63, 3.8) is 0 Å². The predicted molar refractivity (Wildman–Crippen MR) is 113 cm³/mol. The molecule has 2 fully saturated rings. The van der Waals surface area contributed by atoms with Crippen LogP contribution in [0.25, 0.3) is 0 Å². The average molecular weight is 473 g/mol. The second kappa shape index (κ2) is 11.0. The highest BCUT2D eigenvalue weighted by molar-refractivity contribution is 5.93. The van der Waals surface area contributed by atoms with Crippen LogP contribution in [0.15, 0.2) is 18.2 Å². The SMILES string of the molecule is CC[C@@H]1N(C(=O)c2cccc(C)n2)CCC[C@]12CCC(=O)N2CCOC.O=C(O)C(F)(F)F. The quantitative estimate of drug-likeness (QED) is 0.706. The summed E-state index contributed by atoms with van der Waals surface area (Å²) in [5, 5.41) is 7.12. The highest BCUT2D eigenvalue weighted by Crippen LogP contribution is 2.43. The van der Waals surface area contributed by atoms with Crippen LogP contribution in [0.2, 0.25) is 0 Å². The molecule has 0 radical (unpaired) electrons. The smallest absolute Gasteiger partial charge is 0.475 e. The normalized spacial score (nSPS) is 22.8. The van der Waals surface area contributed by atoms with E-state index in [1.807, 2.05) is 28.9 Å². The van der Waals surface area contributed by atoms with Gasteiger partial charge in [-0.1, -0.05) is 13.0 Å². The van der Waals surface area contributed by atoms with E-state index in [1.54, 1.807) is 13.2 Å². The third-order valence-corrected chi connectivity index (χ3v) is 6.13. The monoisotopic (exact) mass is 473 g/mol. The summed E-state index contributed by atoms with van der Waals surface area (Å²) in [6.07, 6.45) is -1.02. The number of carbonyl (C=O) groups excluding carboxylic acids is 2. The lowest BCUT2D eigenvalue weighted by atomic mass is 9.77. The lowest BCUT2D eigenvalue weighted by Crippen LogP contribution is -2.64. The maximum Gasteiger partial charge on any atom is 0.490 e. The number of carboxylic acids is 1. The Kier molecular flexibility index (Phi) is 8.82. The van der Waals surface area contributed by atoms with Crippen molar-refractivity contribution >= 4 is 17.8 Å². The van der Waals surface area contributed by atoms with Crippen LogP contribution in [0.1, 0.15) is 55.2 Å². The first kappa shape index (κ1) is 26.6. The molecule has 2 aliphatic heterocycles. The number of nitrogens with zero attached hydrogens (tertiary/aromatic N) is 3. The van der Waals surface area contributed by atoms with Crippen molar-refractivity contribution in [1.82, 2.24) is 14.8 Å². The average Bonchev–Trinajstić information content (AvgIpc) is 3.06. The Hall–Kier alpha value is -2.69. The molecule has 1 aromatic rings. The highest BCUT2D eigenvalue weighted by Gasteiger charge is 2.54. The number of carbonyl (C=O) groups is 3. The summed E-state index contributed by atoms with van der Waals surface area (Å²) in [6.45, 7) is 5.85. The molecule has 3 rings (SSSR count). The summed E-state index contributed by atoms with van der Waals surface area (Å²) in [5.74, 6) is -2.60. The second-order valence-electron chi connectivity index (χ2n) is 8.14. The van der Waals surface area contributed by atoms with E-state index in [1.165, 1.54) is 0 Å². The van der Waals surface area contributed by atoms with Gasteiger partial charge in [0.05, 0.1) is 18.2 Å². The topological polar surface area (TPSA) is 100 Å². The molecule has 0 bridgehead atoms. The van der Waals surface area contributed by atoms with Crippen molar-refractivity contribution in [2.24, 2.45) is 0 Å². The molecule has 1 N–H and O–H groups in total. The molecule has 33 heavy (non-hydrogen) atoms. The van der Waals surface area contributed by atoms with E-state index in [9.17, 15) is 22.8 Å². The van der Waals surface area contributed by atoms with Gasteiger partial charge in [0.2, 0.25) is 5.91 Å². The summed E-state index contributed by atoms with van der Waals surface area (Å²) in [6, 6.07) is 5.58. The van der Waals surface area contributed by atoms with Gasteiger partial charge in [0, 0.05) is 32.3 Å². The molecule has 2 amide bonds. The molecular weight excluding hydrogens is 443 g/mol. The Balaban J connectivity index is 0.000000479. The Labute approximate surface area is 190 Å². The van der Waals surface area contributed by atoms with Gasteiger partial charge in [0.25, 0.3) is 5.91 Å². The molecule has 2 saturated heterocycles. The van der Waals surface area contributed by atoms with E-state index < -0.39 is 12.1 Å². The molecule has 0 unspecified atom stereocenters. The number of aromatic nitrogens is 1. The standard InChI is InChI=1S/C20H29N3O3.C2HF3O2/c1-4-17-20(11-9-18(24)23(20)13-14-26-3)10-6-12-22(17)19(25)16-8-5-7-15(2)21-16;3-2(4,5)1(6)7/h5,7-8,17H,4,6,9-14H2,1-3H3;(H,6,7)/t17-,20-;/m0./s1. The van der Waals surface area contributed by atoms with E-state index in [-0.39, 0.29) is 23.4 Å². The van der Waals surface area contributed by atoms with Crippen molar-refractivity contribution < 1.29 is 37.4 Å². The summed E-state index contributed by atoms with van der Waals surface area (Å²) >= 11 is 0. The van der Waals surface area contributed by atoms with Crippen LogP contribution in [0.5, 0.6) is 0 Å². The molecule has 2 aliphatic rings. The first-order valence-electron chi connectivity index (χ1n) is 10.8. The van der Waals surface area contributed by atoms with Gasteiger partial charge in [-0.05, 0) is 44.7 Å². The summed E-state index contributed by atoms with van der Waals surface area (Å²) in [7, 11) is 1.66. The van der Waals surface area contributed by atoms with E-state index in [2.05, 4.69) is 11.9 Å². The maximum absolute atomic E-state index is 13.2. The fourth-order valence-corrected chi connectivity index (χ4v) is 4.80. The lowest BCUT2D eigenvalue weighted by Gasteiger charge is -2.52. The molecular formula is C22H30F3N3O5. The third kappa shape index (κ3) is 6.01. The number of hydrogen-bond donors (Lipinski definition) is 1. The number of alkyl halides is 3. The van der Waals surface area contributed by atoms with Crippen molar-refractivity contribution in [3.8, 4) is 0 Å². The zero-order valence-electron chi connectivity index (χ0n) is 19.0. The van der Waals surface area contributed by atoms with Crippen LogP contribution in [0.4, 0.5) is 13.2 Å².